The summed E-state index contributed by atoms with van der Waals surface area (Å²) in [6.07, 6.45) is 0. The van der Waals surface area contributed by atoms with Crippen LogP contribution in [-0.2, 0) is 6.54 Å². The van der Waals surface area contributed by atoms with Gasteiger partial charge in [-0.15, -0.1) is 0 Å². The second kappa shape index (κ2) is 9.21. The van der Waals surface area contributed by atoms with Gasteiger partial charge in [0.05, 0.1) is 18.4 Å². The van der Waals surface area contributed by atoms with E-state index in [2.05, 4.69) is 10.6 Å². The molecule has 0 heterocycles. The minimum Gasteiger partial charge on any atom is -0.496 e. The summed E-state index contributed by atoms with van der Waals surface area (Å²) in [5.74, 6) is -0.650. The highest BCUT2D eigenvalue weighted by molar-refractivity contribution is 6.31. The number of anilines is 1. The first-order chi connectivity index (χ1) is 14.0. The maximum absolute atomic E-state index is 13.1. The molecule has 3 aromatic rings. The number of amides is 2. The van der Waals surface area contributed by atoms with Gasteiger partial charge in [-0.05, 0) is 48.5 Å². The lowest BCUT2D eigenvalue weighted by Gasteiger charge is -2.13. The summed E-state index contributed by atoms with van der Waals surface area (Å²) < 4.78 is 18.3. The van der Waals surface area contributed by atoms with E-state index in [9.17, 15) is 14.0 Å². The molecule has 2 amide bonds. The molecule has 148 valence electrons. The van der Waals surface area contributed by atoms with Crippen molar-refractivity contribution in [1.82, 2.24) is 5.32 Å². The normalized spacial score (nSPS) is 10.3. The van der Waals surface area contributed by atoms with E-state index in [0.717, 1.165) is 5.56 Å². The molecule has 0 bridgehead atoms. The van der Waals surface area contributed by atoms with Crippen molar-refractivity contribution in [3.8, 4) is 5.75 Å². The Kier molecular flexibility index (Phi) is 6.46. The zero-order chi connectivity index (χ0) is 20.8. The summed E-state index contributed by atoms with van der Waals surface area (Å²) in [4.78, 5) is 25.2. The highest BCUT2D eigenvalue weighted by Crippen LogP contribution is 2.23. The van der Waals surface area contributed by atoms with E-state index < -0.39 is 11.7 Å². The summed E-state index contributed by atoms with van der Waals surface area (Å²) in [5, 5.41) is 5.83. The Labute approximate surface area is 172 Å². The minimum atomic E-state index is -0.481. The van der Waals surface area contributed by atoms with E-state index in [0.29, 0.717) is 10.8 Å². The Balaban J connectivity index is 1.78. The van der Waals surface area contributed by atoms with E-state index in [4.69, 9.17) is 16.3 Å². The number of hydrogen-bond donors (Lipinski definition) is 2. The van der Waals surface area contributed by atoms with Gasteiger partial charge >= 0.3 is 0 Å². The van der Waals surface area contributed by atoms with Crippen molar-refractivity contribution in [2.45, 2.75) is 6.54 Å². The Hall–Kier alpha value is -3.38. The van der Waals surface area contributed by atoms with Crippen LogP contribution in [0.2, 0.25) is 5.02 Å². The van der Waals surface area contributed by atoms with E-state index in [1.807, 2.05) is 18.2 Å². The Morgan fingerprint density at radius 3 is 2.45 bits per heavy atom. The molecule has 7 heteroatoms. The maximum Gasteiger partial charge on any atom is 0.255 e. The van der Waals surface area contributed by atoms with Gasteiger partial charge in [0.25, 0.3) is 11.8 Å². The highest BCUT2D eigenvalue weighted by Gasteiger charge is 2.16. The number of carbonyl (C=O) groups excluding carboxylic acids is 2. The average Bonchev–Trinajstić information content (AvgIpc) is 2.72. The van der Waals surface area contributed by atoms with Crippen LogP contribution in [0.15, 0.2) is 66.7 Å². The van der Waals surface area contributed by atoms with Crippen molar-refractivity contribution >= 4 is 29.1 Å². The monoisotopic (exact) mass is 412 g/mol. The first-order valence-electron chi connectivity index (χ1n) is 8.74. The third-order valence-electron chi connectivity index (χ3n) is 4.21. The molecule has 3 aromatic carbocycles. The third-order valence-corrected chi connectivity index (χ3v) is 4.45. The van der Waals surface area contributed by atoms with Crippen molar-refractivity contribution in [3.05, 3.63) is 94.3 Å². The van der Waals surface area contributed by atoms with Crippen LogP contribution in [0, 0.1) is 5.82 Å². The van der Waals surface area contributed by atoms with Crippen molar-refractivity contribution in [3.63, 3.8) is 0 Å². The number of para-hydroxylation sites is 1. The fourth-order valence-corrected chi connectivity index (χ4v) is 2.91. The molecule has 0 aliphatic carbocycles. The van der Waals surface area contributed by atoms with Gasteiger partial charge in [0, 0.05) is 22.7 Å². The van der Waals surface area contributed by atoms with Crippen LogP contribution in [0.1, 0.15) is 26.3 Å². The fraction of sp³-hybridized carbons (Fsp3) is 0.0909. The predicted octanol–water partition coefficient (Wildman–Crippen LogP) is 4.67. The number of methoxy groups -OCH3 is 1. The number of rotatable bonds is 6. The van der Waals surface area contributed by atoms with Crippen molar-refractivity contribution in [2.75, 3.05) is 12.4 Å². The van der Waals surface area contributed by atoms with Crippen LogP contribution in [-0.4, -0.2) is 18.9 Å². The zero-order valence-corrected chi connectivity index (χ0v) is 16.3. The van der Waals surface area contributed by atoms with Gasteiger partial charge in [-0.25, -0.2) is 4.39 Å². The SMILES string of the molecule is COc1ccccc1CNC(=O)c1ccc(Cl)cc1NC(=O)c1ccc(F)cc1. The van der Waals surface area contributed by atoms with Gasteiger partial charge in [0.15, 0.2) is 0 Å². The number of halogens is 2. The van der Waals surface area contributed by atoms with Crippen molar-refractivity contribution < 1.29 is 18.7 Å². The quantitative estimate of drug-likeness (QED) is 0.618. The third kappa shape index (κ3) is 5.12. The van der Waals surface area contributed by atoms with Gasteiger partial charge in [-0.3, -0.25) is 9.59 Å². The maximum atomic E-state index is 13.1. The van der Waals surface area contributed by atoms with E-state index in [1.165, 1.54) is 36.4 Å². The standard InChI is InChI=1S/C22H18ClFN2O3/c1-29-20-5-3-2-4-15(20)13-25-22(28)18-11-8-16(23)12-19(18)26-21(27)14-6-9-17(24)10-7-14/h2-12H,13H2,1H3,(H,25,28)(H,26,27). The summed E-state index contributed by atoms with van der Waals surface area (Å²) in [7, 11) is 1.56. The van der Waals surface area contributed by atoms with Crippen LogP contribution < -0.4 is 15.4 Å². The largest absolute Gasteiger partial charge is 0.496 e. The lowest BCUT2D eigenvalue weighted by molar-refractivity contribution is 0.0951. The predicted molar refractivity (Wildman–Crippen MR) is 110 cm³/mol. The number of ether oxygens (including phenoxy) is 1. The molecule has 0 fully saturated rings. The van der Waals surface area contributed by atoms with Crippen LogP contribution in [0.5, 0.6) is 5.75 Å². The number of nitrogens with one attached hydrogen (secondary N) is 2. The zero-order valence-electron chi connectivity index (χ0n) is 15.5. The number of hydrogen-bond acceptors (Lipinski definition) is 3. The molecular weight excluding hydrogens is 395 g/mol. The van der Waals surface area contributed by atoms with Crippen LogP contribution in [0.25, 0.3) is 0 Å². The Bertz CT molecular complexity index is 1040. The molecule has 0 radical (unpaired) electrons. The van der Waals surface area contributed by atoms with Gasteiger partial charge in [-0.2, -0.15) is 0 Å². The summed E-state index contributed by atoms with van der Waals surface area (Å²) in [5.41, 5.74) is 1.57. The van der Waals surface area contributed by atoms with Gasteiger partial charge in [0.2, 0.25) is 0 Å². The van der Waals surface area contributed by atoms with Crippen molar-refractivity contribution in [2.24, 2.45) is 0 Å². The lowest BCUT2D eigenvalue weighted by Crippen LogP contribution is -2.25. The van der Waals surface area contributed by atoms with E-state index in [-0.39, 0.29) is 29.3 Å². The molecule has 0 saturated heterocycles. The number of carbonyl (C=O) groups is 2. The van der Waals surface area contributed by atoms with Gasteiger partial charge in [-0.1, -0.05) is 29.8 Å². The summed E-state index contributed by atoms with van der Waals surface area (Å²) >= 11 is 6.04. The second-order valence-corrected chi connectivity index (χ2v) is 6.58. The van der Waals surface area contributed by atoms with E-state index in [1.54, 1.807) is 19.2 Å². The molecule has 2 N–H and O–H groups in total. The topological polar surface area (TPSA) is 67.4 Å². The fourth-order valence-electron chi connectivity index (χ4n) is 2.73. The Morgan fingerprint density at radius 2 is 1.72 bits per heavy atom. The molecule has 0 aliphatic heterocycles. The van der Waals surface area contributed by atoms with Gasteiger partial charge in [0.1, 0.15) is 11.6 Å². The molecule has 5 nitrogen and oxygen atoms in total. The molecule has 0 atom stereocenters. The summed E-state index contributed by atoms with van der Waals surface area (Å²) in [6.45, 7) is 0.247. The van der Waals surface area contributed by atoms with Gasteiger partial charge < -0.3 is 15.4 Å². The van der Waals surface area contributed by atoms with E-state index >= 15 is 0 Å². The van der Waals surface area contributed by atoms with Crippen LogP contribution in [0.3, 0.4) is 0 Å². The first kappa shape index (κ1) is 20.4. The molecule has 0 aliphatic rings. The highest BCUT2D eigenvalue weighted by atomic mass is 35.5. The number of benzene rings is 3. The minimum absolute atomic E-state index is 0.247. The Morgan fingerprint density at radius 1 is 1.00 bits per heavy atom. The van der Waals surface area contributed by atoms with Crippen LogP contribution in [0.4, 0.5) is 10.1 Å². The average molecular weight is 413 g/mol. The molecule has 0 aromatic heterocycles. The smallest absolute Gasteiger partial charge is 0.255 e. The van der Waals surface area contributed by atoms with Crippen molar-refractivity contribution in [1.29, 1.82) is 0 Å². The molecule has 3 rings (SSSR count). The lowest BCUT2D eigenvalue weighted by atomic mass is 10.1. The molecular formula is C22H18ClFN2O3. The molecule has 0 unspecified atom stereocenters. The molecule has 29 heavy (non-hydrogen) atoms. The second-order valence-electron chi connectivity index (χ2n) is 6.15. The van der Waals surface area contributed by atoms with Crippen LogP contribution >= 0.6 is 11.6 Å². The first-order valence-corrected chi connectivity index (χ1v) is 9.12. The molecule has 0 spiro atoms. The summed E-state index contributed by atoms with van der Waals surface area (Å²) in [6, 6.07) is 17.0. The molecule has 0 saturated carbocycles.